The van der Waals surface area contributed by atoms with Gasteiger partial charge in [-0.3, -0.25) is 4.68 Å². The monoisotopic (exact) mass is 483 g/mol. The van der Waals surface area contributed by atoms with Gasteiger partial charge in [0.05, 0.1) is 49.1 Å². The molecular weight excluding hydrogens is 458 g/mol. The van der Waals surface area contributed by atoms with Gasteiger partial charge in [-0.1, -0.05) is 18.0 Å². The van der Waals surface area contributed by atoms with Crippen LogP contribution in [0.5, 0.6) is 0 Å². The first-order chi connectivity index (χ1) is 15.4. The fourth-order valence-electron chi connectivity index (χ4n) is 4.29. The normalized spacial score (nSPS) is 27.8. The van der Waals surface area contributed by atoms with E-state index in [0.29, 0.717) is 23.4 Å². The number of fused-ring (bicyclic) bond motifs is 1. The summed E-state index contributed by atoms with van der Waals surface area (Å²) in [6, 6.07) is -0.625. The molecular formula is C19H26ClN7O4S. The molecule has 2 aliphatic heterocycles. The molecule has 1 aliphatic carbocycles. The van der Waals surface area contributed by atoms with Crippen molar-refractivity contribution in [2.45, 2.75) is 43.6 Å². The molecule has 3 aliphatic rings. The fourth-order valence-corrected chi connectivity index (χ4v) is 6.15. The number of nitrogens with zero attached hydrogens (tertiary/aromatic N) is 4. The molecule has 3 fully saturated rings. The van der Waals surface area contributed by atoms with Crippen molar-refractivity contribution in [3.05, 3.63) is 23.6 Å². The van der Waals surface area contributed by atoms with Crippen molar-refractivity contribution >= 4 is 39.1 Å². The first-order valence-electron chi connectivity index (χ1n) is 10.6. The highest BCUT2D eigenvalue weighted by atomic mass is 35.5. The van der Waals surface area contributed by atoms with E-state index in [1.807, 2.05) is 7.05 Å². The molecule has 4 unspecified atom stereocenters. The number of aromatic nitrogens is 4. The number of sulfonamides is 1. The molecule has 0 amide bonds. The van der Waals surface area contributed by atoms with E-state index in [9.17, 15) is 8.42 Å². The quantitative estimate of drug-likeness (QED) is 0.507. The van der Waals surface area contributed by atoms with E-state index in [-0.39, 0.29) is 36.5 Å². The lowest BCUT2D eigenvalue weighted by molar-refractivity contribution is 0.0690. The number of rotatable bonds is 8. The van der Waals surface area contributed by atoms with Gasteiger partial charge in [0.1, 0.15) is 17.2 Å². The summed E-state index contributed by atoms with van der Waals surface area (Å²) in [6.07, 6.45) is 7.37. The zero-order valence-electron chi connectivity index (χ0n) is 17.6. The van der Waals surface area contributed by atoms with Gasteiger partial charge < -0.3 is 20.1 Å². The summed E-state index contributed by atoms with van der Waals surface area (Å²) in [4.78, 5) is 8.66. The summed E-state index contributed by atoms with van der Waals surface area (Å²) >= 11 is 6.30. The average molecular weight is 484 g/mol. The molecule has 4 atom stereocenters. The van der Waals surface area contributed by atoms with E-state index in [1.54, 1.807) is 17.1 Å². The minimum absolute atomic E-state index is 0.172. The molecule has 1 saturated carbocycles. The van der Waals surface area contributed by atoms with Crippen LogP contribution >= 0.6 is 11.6 Å². The lowest BCUT2D eigenvalue weighted by Gasteiger charge is -2.26. The molecule has 3 N–H and O–H groups in total. The number of aryl methyl sites for hydroxylation is 1. The van der Waals surface area contributed by atoms with E-state index in [0.717, 1.165) is 24.9 Å². The molecule has 11 nitrogen and oxygen atoms in total. The summed E-state index contributed by atoms with van der Waals surface area (Å²) in [7, 11) is -1.55. The predicted octanol–water partition coefficient (Wildman–Crippen LogP) is 1.27. The number of nitrogens with one attached hydrogen (secondary N) is 3. The number of halogens is 1. The molecule has 0 spiro atoms. The second-order valence-corrected chi connectivity index (χ2v) is 10.8. The van der Waals surface area contributed by atoms with Crippen LogP contribution in [0, 0.1) is 5.92 Å². The Morgan fingerprint density at radius 3 is 2.62 bits per heavy atom. The fraction of sp³-hybridized carbons (Fsp3) is 0.632. The van der Waals surface area contributed by atoms with Gasteiger partial charge in [0.2, 0.25) is 16.0 Å². The molecule has 2 aromatic rings. The highest BCUT2D eigenvalue weighted by molar-refractivity contribution is 7.89. The molecule has 174 valence electrons. The van der Waals surface area contributed by atoms with Crippen molar-refractivity contribution < 1.29 is 17.9 Å². The lowest BCUT2D eigenvalue weighted by atomic mass is 9.87. The zero-order chi connectivity index (χ0) is 22.3. The Hall–Kier alpha value is -1.99. The van der Waals surface area contributed by atoms with Crippen LogP contribution in [0.15, 0.2) is 18.6 Å². The highest BCUT2D eigenvalue weighted by Crippen LogP contribution is 2.32. The molecule has 2 saturated heterocycles. The van der Waals surface area contributed by atoms with Gasteiger partial charge in [-0.2, -0.15) is 10.1 Å². The molecule has 5 rings (SSSR count). The van der Waals surface area contributed by atoms with Crippen molar-refractivity contribution in [3.8, 4) is 0 Å². The molecule has 4 heterocycles. The minimum atomic E-state index is -3.37. The second kappa shape index (κ2) is 8.75. The number of anilines is 3. The van der Waals surface area contributed by atoms with Gasteiger partial charge in [-0.15, -0.1) is 0 Å². The van der Waals surface area contributed by atoms with Crippen molar-refractivity contribution in [2.24, 2.45) is 13.0 Å². The van der Waals surface area contributed by atoms with Gasteiger partial charge in [0.15, 0.2) is 5.82 Å². The number of hydrogen-bond donors (Lipinski definition) is 3. The maximum absolute atomic E-state index is 12.5. The lowest BCUT2D eigenvalue weighted by Crippen LogP contribution is -2.46. The smallest absolute Gasteiger partial charge is 0.229 e. The standard InChI is InChI=1S/C19H26ClN7O4S/c1-27-7-12(5-22-27)23-19-21-6-13(20)18(25-19)24-14-8-30-17-15(9-31-16(14)17)26-32(28,29)10-11-3-2-4-11/h5-7,11,14-17,26H,2-4,8-10H2,1H3,(H2,21,23,24,25). The Bertz CT molecular complexity index is 1080. The Balaban J connectivity index is 1.22. The maximum atomic E-state index is 12.5. The molecule has 32 heavy (non-hydrogen) atoms. The van der Waals surface area contributed by atoms with Crippen LogP contribution in [0.3, 0.4) is 0 Å². The summed E-state index contributed by atoms with van der Waals surface area (Å²) in [6.45, 7) is 0.616. The van der Waals surface area contributed by atoms with Gasteiger partial charge in [-0.05, 0) is 18.8 Å². The summed E-state index contributed by atoms with van der Waals surface area (Å²) in [5.74, 6) is 1.25. The first-order valence-corrected chi connectivity index (χ1v) is 12.7. The van der Waals surface area contributed by atoms with E-state index < -0.39 is 16.1 Å². The van der Waals surface area contributed by atoms with Gasteiger partial charge in [-0.25, -0.2) is 18.1 Å². The maximum Gasteiger partial charge on any atom is 0.229 e. The Morgan fingerprint density at radius 2 is 1.94 bits per heavy atom. The predicted molar refractivity (Wildman–Crippen MR) is 118 cm³/mol. The second-order valence-electron chi connectivity index (χ2n) is 8.57. The van der Waals surface area contributed by atoms with Crippen LogP contribution in [-0.4, -0.2) is 71.4 Å². The van der Waals surface area contributed by atoms with E-state index in [4.69, 9.17) is 21.1 Å². The van der Waals surface area contributed by atoms with Crippen molar-refractivity contribution in [1.29, 1.82) is 0 Å². The summed E-state index contributed by atoms with van der Waals surface area (Å²) in [5.41, 5.74) is 0.751. The third-order valence-electron chi connectivity index (χ3n) is 6.09. The van der Waals surface area contributed by atoms with Crippen LogP contribution in [0.2, 0.25) is 5.02 Å². The summed E-state index contributed by atoms with van der Waals surface area (Å²) < 4.78 is 41.3. The van der Waals surface area contributed by atoms with Crippen molar-refractivity contribution in [1.82, 2.24) is 24.5 Å². The molecule has 0 radical (unpaired) electrons. The zero-order valence-corrected chi connectivity index (χ0v) is 19.1. The van der Waals surface area contributed by atoms with Crippen LogP contribution in [0.4, 0.5) is 17.5 Å². The van der Waals surface area contributed by atoms with E-state index in [2.05, 4.69) is 30.4 Å². The van der Waals surface area contributed by atoms with Crippen molar-refractivity contribution in [3.63, 3.8) is 0 Å². The Kier molecular flexibility index (Phi) is 5.97. The molecule has 0 aromatic carbocycles. The van der Waals surface area contributed by atoms with E-state index in [1.165, 1.54) is 6.20 Å². The first kappa shape index (κ1) is 21.8. The van der Waals surface area contributed by atoms with Gasteiger partial charge in [0, 0.05) is 13.2 Å². The minimum Gasteiger partial charge on any atom is -0.371 e. The van der Waals surface area contributed by atoms with Crippen LogP contribution in [0.25, 0.3) is 0 Å². The molecule has 0 bridgehead atoms. The van der Waals surface area contributed by atoms with Crippen molar-refractivity contribution in [2.75, 3.05) is 29.6 Å². The largest absolute Gasteiger partial charge is 0.371 e. The third-order valence-corrected chi connectivity index (χ3v) is 7.94. The Labute approximate surface area is 191 Å². The number of hydrogen-bond acceptors (Lipinski definition) is 9. The third kappa shape index (κ3) is 4.69. The van der Waals surface area contributed by atoms with Crippen LogP contribution < -0.4 is 15.4 Å². The number of ether oxygens (including phenoxy) is 2. The average Bonchev–Trinajstić information content (AvgIpc) is 3.40. The van der Waals surface area contributed by atoms with Crippen LogP contribution in [-0.2, 0) is 26.5 Å². The van der Waals surface area contributed by atoms with Gasteiger partial charge in [0.25, 0.3) is 0 Å². The van der Waals surface area contributed by atoms with E-state index >= 15 is 0 Å². The Morgan fingerprint density at radius 1 is 1.19 bits per heavy atom. The SMILES string of the molecule is Cn1cc(Nc2ncc(Cl)c(NC3COC4C(NS(=O)(=O)CC5CCC5)COC34)n2)cn1. The van der Waals surface area contributed by atoms with Crippen LogP contribution in [0.1, 0.15) is 19.3 Å². The molecule has 13 heteroatoms. The summed E-state index contributed by atoms with van der Waals surface area (Å²) in [5, 5.41) is 10.8. The van der Waals surface area contributed by atoms with Gasteiger partial charge >= 0.3 is 0 Å². The topological polar surface area (TPSA) is 132 Å². The highest BCUT2D eigenvalue weighted by Gasteiger charge is 2.49. The molecule has 2 aromatic heterocycles.